The average molecular weight is 516 g/mol. The van der Waals surface area contributed by atoms with Crippen LogP contribution in [0.3, 0.4) is 0 Å². The monoisotopic (exact) mass is 515 g/mol. The number of methoxy groups -OCH3 is 2. The molecule has 0 radical (unpaired) electrons. The number of hydrogen-bond donors (Lipinski definition) is 3. The Balaban J connectivity index is 1.38. The predicted molar refractivity (Wildman–Crippen MR) is 147 cm³/mol. The lowest BCUT2D eigenvalue weighted by Gasteiger charge is -2.20. The van der Waals surface area contributed by atoms with E-state index in [1.807, 2.05) is 66.9 Å². The zero-order valence-electron chi connectivity index (χ0n) is 21.7. The van der Waals surface area contributed by atoms with Crippen LogP contribution in [0.5, 0.6) is 17.2 Å². The summed E-state index contributed by atoms with van der Waals surface area (Å²) >= 11 is 0. The first-order valence-corrected chi connectivity index (χ1v) is 12.6. The number of aryl methyl sites for hydroxylation is 1. The number of hydrogen-bond acceptors (Lipinski definition) is 5. The fraction of sp³-hybridized carbons (Fsp3) is 0.267. The van der Waals surface area contributed by atoms with Crippen LogP contribution in [0.4, 0.5) is 0 Å². The van der Waals surface area contributed by atoms with Gasteiger partial charge in [0.1, 0.15) is 5.75 Å². The molecular weight excluding hydrogens is 482 g/mol. The van der Waals surface area contributed by atoms with Crippen LogP contribution >= 0.6 is 0 Å². The number of rotatable bonds is 13. The van der Waals surface area contributed by atoms with Crippen LogP contribution in [0, 0.1) is 0 Å². The van der Waals surface area contributed by atoms with E-state index in [4.69, 9.17) is 14.2 Å². The Morgan fingerprint density at radius 3 is 2.29 bits per heavy atom. The van der Waals surface area contributed by atoms with Crippen molar-refractivity contribution in [3.8, 4) is 17.2 Å². The molecule has 38 heavy (non-hydrogen) atoms. The van der Waals surface area contributed by atoms with E-state index in [9.17, 15) is 9.59 Å². The first kappa shape index (κ1) is 26.6. The number of carbonyl (C=O) groups is 2. The summed E-state index contributed by atoms with van der Waals surface area (Å²) in [5.41, 5.74) is 3.05. The van der Waals surface area contributed by atoms with E-state index in [0.717, 1.165) is 27.8 Å². The Hall–Kier alpha value is -4.46. The molecule has 0 saturated heterocycles. The molecule has 0 unspecified atom stereocenters. The minimum Gasteiger partial charge on any atom is -0.496 e. The first-order chi connectivity index (χ1) is 18.6. The molecule has 0 fully saturated rings. The highest BCUT2D eigenvalue weighted by atomic mass is 16.5. The van der Waals surface area contributed by atoms with E-state index in [1.54, 1.807) is 26.4 Å². The largest absolute Gasteiger partial charge is 0.496 e. The van der Waals surface area contributed by atoms with Crippen LogP contribution in [-0.4, -0.2) is 50.2 Å². The van der Waals surface area contributed by atoms with E-state index in [1.165, 1.54) is 0 Å². The van der Waals surface area contributed by atoms with Gasteiger partial charge in [-0.25, -0.2) is 0 Å². The number of para-hydroxylation sites is 4. The van der Waals surface area contributed by atoms with Crippen molar-refractivity contribution in [2.24, 2.45) is 0 Å². The Labute approximate surface area is 222 Å². The molecule has 0 spiro atoms. The van der Waals surface area contributed by atoms with Crippen LogP contribution < -0.4 is 24.8 Å². The van der Waals surface area contributed by atoms with Gasteiger partial charge < -0.3 is 29.8 Å². The standard InChI is InChI=1S/C30H33N3O5/c1-36-26-12-6-3-9-21(26)15-16-29(34)32-19-23(17-22-18-31-25-11-5-4-10-24(22)25)33-30(35)20-38-28-14-8-7-13-27(28)37-2/h3-14,18,23,31H,15-17,19-20H2,1-2H3,(H,32,34)(H,33,35)/t23-/m1/s1. The first-order valence-electron chi connectivity index (χ1n) is 12.6. The van der Waals surface area contributed by atoms with E-state index >= 15 is 0 Å². The Morgan fingerprint density at radius 2 is 1.50 bits per heavy atom. The molecule has 1 aromatic heterocycles. The smallest absolute Gasteiger partial charge is 0.258 e. The number of H-pyrrole nitrogens is 1. The number of fused-ring (bicyclic) bond motifs is 1. The average Bonchev–Trinajstić information content (AvgIpc) is 3.36. The van der Waals surface area contributed by atoms with Gasteiger partial charge in [0.05, 0.1) is 20.3 Å². The topological polar surface area (TPSA) is 102 Å². The third-order valence-electron chi connectivity index (χ3n) is 6.29. The van der Waals surface area contributed by atoms with Gasteiger partial charge in [0.15, 0.2) is 18.1 Å². The second-order valence-corrected chi connectivity index (χ2v) is 8.88. The maximum absolute atomic E-state index is 12.8. The van der Waals surface area contributed by atoms with Crippen molar-refractivity contribution in [3.63, 3.8) is 0 Å². The third-order valence-corrected chi connectivity index (χ3v) is 6.29. The summed E-state index contributed by atoms with van der Waals surface area (Å²) < 4.78 is 16.4. The van der Waals surface area contributed by atoms with Crippen molar-refractivity contribution in [2.45, 2.75) is 25.3 Å². The fourth-order valence-electron chi connectivity index (χ4n) is 4.37. The van der Waals surface area contributed by atoms with Crippen LogP contribution in [0.1, 0.15) is 17.5 Å². The number of carbonyl (C=O) groups excluding carboxylic acids is 2. The van der Waals surface area contributed by atoms with Gasteiger partial charge in [-0.1, -0.05) is 48.5 Å². The molecule has 0 aliphatic heterocycles. The van der Waals surface area contributed by atoms with Crippen molar-refractivity contribution in [1.82, 2.24) is 15.6 Å². The second kappa shape index (κ2) is 13.2. The summed E-state index contributed by atoms with van der Waals surface area (Å²) in [7, 11) is 3.17. The van der Waals surface area contributed by atoms with Crippen molar-refractivity contribution in [2.75, 3.05) is 27.4 Å². The minimum absolute atomic E-state index is 0.0978. The van der Waals surface area contributed by atoms with Gasteiger partial charge in [-0.15, -0.1) is 0 Å². The maximum Gasteiger partial charge on any atom is 0.258 e. The third kappa shape index (κ3) is 7.06. The summed E-state index contributed by atoms with van der Waals surface area (Å²) in [6, 6.07) is 22.5. The summed E-state index contributed by atoms with van der Waals surface area (Å²) in [5, 5.41) is 7.09. The molecule has 198 valence electrons. The Morgan fingerprint density at radius 1 is 0.816 bits per heavy atom. The molecule has 3 aromatic carbocycles. The predicted octanol–water partition coefficient (Wildman–Crippen LogP) is 4.04. The van der Waals surface area contributed by atoms with Gasteiger partial charge in [-0.2, -0.15) is 0 Å². The van der Waals surface area contributed by atoms with Gasteiger partial charge in [-0.3, -0.25) is 9.59 Å². The van der Waals surface area contributed by atoms with Gasteiger partial charge in [0.25, 0.3) is 5.91 Å². The van der Waals surface area contributed by atoms with Crippen molar-refractivity contribution < 1.29 is 23.8 Å². The summed E-state index contributed by atoms with van der Waals surface area (Å²) in [4.78, 5) is 28.8. The number of benzene rings is 3. The van der Waals surface area contributed by atoms with Gasteiger partial charge in [0.2, 0.25) is 5.91 Å². The summed E-state index contributed by atoms with van der Waals surface area (Å²) in [5.74, 6) is 1.42. The normalized spacial score (nSPS) is 11.5. The highest BCUT2D eigenvalue weighted by Gasteiger charge is 2.18. The van der Waals surface area contributed by atoms with Crippen LogP contribution in [0.2, 0.25) is 0 Å². The van der Waals surface area contributed by atoms with E-state index < -0.39 is 0 Å². The molecule has 8 nitrogen and oxygen atoms in total. The zero-order valence-corrected chi connectivity index (χ0v) is 21.7. The maximum atomic E-state index is 12.8. The molecule has 0 saturated carbocycles. The summed E-state index contributed by atoms with van der Waals surface area (Å²) in [6.07, 6.45) is 3.35. The van der Waals surface area contributed by atoms with E-state index in [0.29, 0.717) is 30.8 Å². The Bertz CT molecular complexity index is 1370. The van der Waals surface area contributed by atoms with Crippen LogP contribution in [-0.2, 0) is 22.4 Å². The van der Waals surface area contributed by atoms with Gasteiger partial charge in [0, 0.05) is 30.1 Å². The van der Waals surface area contributed by atoms with E-state index in [2.05, 4.69) is 15.6 Å². The lowest BCUT2D eigenvalue weighted by atomic mass is 10.0. The molecule has 3 N–H and O–H groups in total. The number of aromatic amines is 1. The van der Waals surface area contributed by atoms with Crippen LogP contribution in [0.15, 0.2) is 79.0 Å². The molecule has 4 aromatic rings. The SMILES string of the molecule is COc1ccccc1CCC(=O)NC[C@@H](Cc1c[nH]c2ccccc12)NC(=O)COc1ccccc1OC. The van der Waals surface area contributed by atoms with Gasteiger partial charge in [-0.05, 0) is 48.2 Å². The molecule has 1 atom stereocenters. The second-order valence-electron chi connectivity index (χ2n) is 8.88. The molecule has 0 aliphatic rings. The minimum atomic E-state index is -0.335. The number of nitrogens with one attached hydrogen (secondary N) is 3. The molecule has 2 amide bonds. The number of amides is 2. The number of aromatic nitrogens is 1. The molecule has 8 heteroatoms. The lowest BCUT2D eigenvalue weighted by Crippen LogP contribution is -2.46. The fourth-order valence-corrected chi connectivity index (χ4v) is 4.37. The molecule has 1 heterocycles. The van der Waals surface area contributed by atoms with Crippen molar-refractivity contribution >= 4 is 22.7 Å². The molecule has 0 aliphatic carbocycles. The van der Waals surface area contributed by atoms with E-state index in [-0.39, 0.29) is 31.0 Å². The molecule has 0 bridgehead atoms. The zero-order chi connectivity index (χ0) is 26.7. The molecular formula is C30H33N3O5. The molecule has 4 rings (SSSR count). The van der Waals surface area contributed by atoms with Gasteiger partial charge >= 0.3 is 0 Å². The summed E-state index contributed by atoms with van der Waals surface area (Å²) in [6.45, 7) is 0.108. The van der Waals surface area contributed by atoms with Crippen molar-refractivity contribution in [3.05, 3.63) is 90.1 Å². The van der Waals surface area contributed by atoms with Crippen molar-refractivity contribution in [1.29, 1.82) is 0 Å². The number of ether oxygens (including phenoxy) is 3. The highest BCUT2D eigenvalue weighted by Crippen LogP contribution is 2.25. The Kier molecular flexibility index (Phi) is 9.23. The lowest BCUT2D eigenvalue weighted by molar-refractivity contribution is -0.125. The highest BCUT2D eigenvalue weighted by molar-refractivity contribution is 5.83. The van der Waals surface area contributed by atoms with Crippen LogP contribution in [0.25, 0.3) is 10.9 Å². The quantitative estimate of drug-likeness (QED) is 0.250.